The van der Waals surface area contributed by atoms with Crippen molar-refractivity contribution in [3.05, 3.63) is 72.4 Å². The number of hydrogen-bond donors (Lipinski definition) is 0. The van der Waals surface area contributed by atoms with E-state index in [-0.39, 0.29) is 27.5 Å². The van der Waals surface area contributed by atoms with Crippen LogP contribution >= 0.6 is 0 Å². The largest absolute Gasteiger partial charge is 0.414 e. The summed E-state index contributed by atoms with van der Waals surface area (Å²) in [6.45, 7) is 34.3. The fourth-order valence-electron chi connectivity index (χ4n) is 5.28. The zero-order valence-electron chi connectivity index (χ0n) is 36.9. The third kappa shape index (κ3) is 12.9. The second-order valence-corrected chi connectivity index (χ2v) is 34.3. The Morgan fingerprint density at radius 1 is 0.554 bits per heavy atom. The van der Waals surface area contributed by atoms with Crippen LogP contribution in [0.5, 0.6) is 0 Å². The molecule has 0 N–H and O–H groups in total. The average Bonchev–Trinajstić information content (AvgIpc) is 3.09. The van der Waals surface area contributed by atoms with Crippen LogP contribution in [0.3, 0.4) is 0 Å². The van der Waals surface area contributed by atoms with Gasteiger partial charge in [-0.05, 0) is 84.3 Å². The first-order chi connectivity index (χ1) is 25.8. The van der Waals surface area contributed by atoms with Gasteiger partial charge in [0, 0.05) is 0 Å². The van der Waals surface area contributed by atoms with Gasteiger partial charge in [0.15, 0.2) is 49.6 Å². The first-order valence-corrected chi connectivity index (χ1v) is 28.9. The SMILES string of the molecule is CC(C)(C)[Si](C)(C)OC[C@@H]1O[C@@H](O[C@@H]2C=C[C@H](O[C@@H]3C=C[C@H](OCc4ccccc4)O[C@H]3CO[Si](C)(C)C(C)(C)C)O[C@H]2CO[Si](C)(C)C(C)(C)C)C=CC1=O. The minimum Gasteiger partial charge on any atom is -0.414 e. The van der Waals surface area contributed by atoms with Gasteiger partial charge in [-0.3, -0.25) is 4.79 Å². The number of ether oxygens (including phenoxy) is 6. The molecule has 1 aromatic carbocycles. The van der Waals surface area contributed by atoms with Crippen LogP contribution in [0.4, 0.5) is 0 Å². The van der Waals surface area contributed by atoms with E-state index in [9.17, 15) is 4.79 Å². The van der Waals surface area contributed by atoms with Gasteiger partial charge in [-0.1, -0.05) is 105 Å². The van der Waals surface area contributed by atoms with E-state index in [1.807, 2.05) is 54.6 Å². The van der Waals surface area contributed by atoms with Crippen molar-refractivity contribution in [2.75, 3.05) is 19.8 Å². The lowest BCUT2D eigenvalue weighted by atomic mass is 10.1. The van der Waals surface area contributed by atoms with Crippen molar-refractivity contribution < 1.29 is 46.5 Å². The highest BCUT2D eigenvalue weighted by molar-refractivity contribution is 6.74. The summed E-state index contributed by atoms with van der Waals surface area (Å²) in [4.78, 5) is 12.9. The zero-order valence-corrected chi connectivity index (χ0v) is 39.9. The van der Waals surface area contributed by atoms with Gasteiger partial charge in [-0.25, -0.2) is 0 Å². The van der Waals surface area contributed by atoms with Gasteiger partial charge in [0.25, 0.3) is 0 Å². The van der Waals surface area contributed by atoms with Crippen molar-refractivity contribution in [1.82, 2.24) is 0 Å². The highest BCUT2D eigenvalue weighted by Gasteiger charge is 2.43. The second-order valence-electron chi connectivity index (χ2n) is 19.8. The van der Waals surface area contributed by atoms with Crippen LogP contribution in [0.2, 0.25) is 54.4 Å². The van der Waals surface area contributed by atoms with Crippen LogP contribution in [0.15, 0.2) is 66.8 Å². The Morgan fingerprint density at radius 3 is 1.46 bits per heavy atom. The van der Waals surface area contributed by atoms with Gasteiger partial charge < -0.3 is 41.7 Å². The molecule has 0 spiro atoms. The molecule has 0 aliphatic carbocycles. The van der Waals surface area contributed by atoms with Crippen LogP contribution in [0.25, 0.3) is 0 Å². The first-order valence-electron chi connectivity index (χ1n) is 20.2. The molecule has 3 aliphatic heterocycles. The highest BCUT2D eigenvalue weighted by atomic mass is 28.4. The monoisotopic (exact) mass is 832 g/mol. The number of carbonyl (C=O) groups is 1. The highest BCUT2D eigenvalue weighted by Crippen LogP contribution is 2.39. The summed E-state index contributed by atoms with van der Waals surface area (Å²) in [6.07, 6.45) is 6.13. The molecule has 0 saturated carbocycles. The van der Waals surface area contributed by atoms with E-state index in [4.69, 9.17) is 41.7 Å². The lowest BCUT2D eigenvalue weighted by molar-refractivity contribution is -0.251. The Bertz CT molecular complexity index is 1510. The van der Waals surface area contributed by atoms with Crippen LogP contribution in [-0.4, -0.2) is 99.9 Å². The molecular weight excluding hydrogens is 761 g/mol. The van der Waals surface area contributed by atoms with Crippen molar-refractivity contribution >= 4 is 30.7 Å². The van der Waals surface area contributed by atoms with Gasteiger partial charge >= 0.3 is 0 Å². The summed E-state index contributed by atoms with van der Waals surface area (Å²) in [5.74, 6) is -0.132. The maximum absolute atomic E-state index is 12.9. The first kappa shape index (κ1) is 47.1. The topological polar surface area (TPSA) is 100 Å². The third-order valence-electron chi connectivity index (χ3n) is 12.4. The van der Waals surface area contributed by atoms with E-state index in [1.54, 1.807) is 6.08 Å². The van der Waals surface area contributed by atoms with E-state index in [1.165, 1.54) is 6.08 Å². The number of carbonyl (C=O) groups excluding carboxylic acids is 1. The molecule has 0 radical (unpaired) electrons. The normalized spacial score (nSPS) is 28.2. The fraction of sp³-hybridized carbons (Fsp3) is 0.698. The standard InChI is InChI=1S/C43H72O10Si3/c1-41(2,3)54(10,11)46-28-35-32(44)21-24-39(51-35)49-34-23-26-40(53-37(34)30-48-56(14,15)43(7,8)9)50-33-22-25-38(45-27-31-19-17-16-18-20-31)52-36(33)29-47-55(12,13)42(4,5)6/h16-26,33-40H,27-30H2,1-15H3/t33-,34-,35+,36+,37+,38-,39-,40-/m1/s1. The number of benzene rings is 1. The lowest BCUT2D eigenvalue weighted by Crippen LogP contribution is -2.51. The number of hydrogen-bond acceptors (Lipinski definition) is 10. The fourth-order valence-corrected chi connectivity index (χ4v) is 8.30. The smallest absolute Gasteiger partial charge is 0.192 e. The maximum Gasteiger partial charge on any atom is 0.192 e. The molecule has 3 aliphatic rings. The summed E-state index contributed by atoms with van der Waals surface area (Å²) < 4.78 is 58.4. The molecule has 4 rings (SSSR count). The average molecular weight is 833 g/mol. The van der Waals surface area contributed by atoms with E-state index < -0.39 is 74.3 Å². The number of rotatable bonds is 16. The molecule has 10 nitrogen and oxygen atoms in total. The van der Waals surface area contributed by atoms with Crippen molar-refractivity contribution in [3.8, 4) is 0 Å². The van der Waals surface area contributed by atoms with Gasteiger partial charge in [-0.2, -0.15) is 0 Å². The van der Waals surface area contributed by atoms with Gasteiger partial charge in [-0.15, -0.1) is 0 Å². The van der Waals surface area contributed by atoms with Gasteiger partial charge in [0.2, 0.25) is 0 Å². The van der Waals surface area contributed by atoms with E-state index >= 15 is 0 Å². The number of ketones is 1. The van der Waals surface area contributed by atoms with Gasteiger partial charge in [0.05, 0.1) is 26.4 Å². The quantitative estimate of drug-likeness (QED) is 0.118. The molecule has 316 valence electrons. The Labute approximate surface area is 341 Å². The molecule has 3 heterocycles. The molecule has 13 heteroatoms. The van der Waals surface area contributed by atoms with Crippen molar-refractivity contribution in [2.45, 2.75) is 173 Å². The van der Waals surface area contributed by atoms with Gasteiger partial charge in [0.1, 0.15) is 30.5 Å². The Balaban J connectivity index is 1.51. The molecule has 0 amide bonds. The van der Waals surface area contributed by atoms with Crippen molar-refractivity contribution in [1.29, 1.82) is 0 Å². The maximum atomic E-state index is 12.9. The predicted octanol–water partition coefficient (Wildman–Crippen LogP) is 9.45. The van der Waals surface area contributed by atoms with Crippen LogP contribution in [0, 0.1) is 0 Å². The summed E-state index contributed by atoms with van der Waals surface area (Å²) in [5, 5.41) is 0.0320. The molecule has 0 fully saturated rings. The summed E-state index contributed by atoms with van der Waals surface area (Å²) in [7, 11) is -6.35. The van der Waals surface area contributed by atoms with Crippen LogP contribution < -0.4 is 0 Å². The lowest BCUT2D eigenvalue weighted by Gasteiger charge is -2.42. The molecule has 0 saturated heterocycles. The predicted molar refractivity (Wildman–Crippen MR) is 229 cm³/mol. The summed E-state index contributed by atoms with van der Waals surface area (Å²) in [5.41, 5.74) is 1.07. The van der Waals surface area contributed by atoms with E-state index in [2.05, 4.69) is 102 Å². The summed E-state index contributed by atoms with van der Waals surface area (Å²) in [6, 6.07) is 10.0. The minimum absolute atomic E-state index is 0.00255. The minimum atomic E-state index is -2.16. The van der Waals surface area contributed by atoms with Crippen molar-refractivity contribution in [3.63, 3.8) is 0 Å². The second kappa shape index (κ2) is 18.8. The molecule has 0 bridgehead atoms. The van der Waals surface area contributed by atoms with E-state index in [0.29, 0.717) is 19.8 Å². The van der Waals surface area contributed by atoms with Crippen LogP contribution in [0.1, 0.15) is 67.9 Å². The molecule has 8 atom stereocenters. The Hall–Kier alpha value is -1.60. The third-order valence-corrected chi connectivity index (χ3v) is 25.9. The Morgan fingerprint density at radius 2 is 0.982 bits per heavy atom. The Kier molecular flexibility index (Phi) is 15.8. The molecule has 1 aromatic rings. The molecular formula is C43H72O10Si3. The van der Waals surface area contributed by atoms with E-state index in [0.717, 1.165) is 5.56 Å². The van der Waals surface area contributed by atoms with Crippen LogP contribution in [-0.2, 0) is 53.1 Å². The zero-order chi connectivity index (χ0) is 41.7. The molecule has 56 heavy (non-hydrogen) atoms. The van der Waals surface area contributed by atoms with Crippen molar-refractivity contribution in [2.24, 2.45) is 0 Å². The molecule has 0 aromatic heterocycles. The molecule has 0 unspecified atom stereocenters. The summed E-state index contributed by atoms with van der Waals surface area (Å²) >= 11 is 0.